The van der Waals surface area contributed by atoms with Crippen LogP contribution in [-0.2, 0) is 6.18 Å². The molecule has 1 aromatic carbocycles. The van der Waals surface area contributed by atoms with Gasteiger partial charge in [-0.3, -0.25) is 9.36 Å². The summed E-state index contributed by atoms with van der Waals surface area (Å²) in [6.07, 6.45) is -3.98. The van der Waals surface area contributed by atoms with E-state index in [0.29, 0.717) is 0 Å². The molecule has 9 heteroatoms. The van der Waals surface area contributed by atoms with Gasteiger partial charge in [0.15, 0.2) is 5.65 Å². The fourth-order valence-electron chi connectivity index (χ4n) is 2.09. The second-order valence-electron chi connectivity index (χ2n) is 4.58. The summed E-state index contributed by atoms with van der Waals surface area (Å²) in [5.41, 5.74) is -1.00. The predicted octanol–water partition coefficient (Wildman–Crippen LogP) is 3.16. The summed E-state index contributed by atoms with van der Waals surface area (Å²) in [4.78, 5) is 18.7. The van der Waals surface area contributed by atoms with E-state index in [2.05, 4.69) is 9.97 Å². The van der Waals surface area contributed by atoms with Crippen LogP contribution in [0.2, 0.25) is 5.02 Å². The van der Waals surface area contributed by atoms with Gasteiger partial charge >= 0.3 is 6.18 Å². The fourth-order valence-corrected chi connectivity index (χ4v) is 2.31. The number of halogens is 4. The zero-order chi connectivity index (χ0) is 16.8. The van der Waals surface area contributed by atoms with Crippen molar-refractivity contribution in [3.63, 3.8) is 0 Å². The van der Waals surface area contributed by atoms with Gasteiger partial charge in [0.05, 0.1) is 16.1 Å². The third-order valence-corrected chi connectivity index (χ3v) is 3.40. The Morgan fingerprint density at radius 2 is 1.91 bits per heavy atom. The number of fused-ring (bicyclic) bond motifs is 1. The molecule has 5 nitrogen and oxygen atoms in total. The lowest BCUT2D eigenvalue weighted by molar-refractivity contribution is -0.144. The van der Waals surface area contributed by atoms with Crippen LogP contribution >= 0.6 is 11.6 Å². The SMILES string of the molecule is O=c1cc(O)c2cnc(C(F)(F)F)nc2n1-c1ccccc1Cl. The average molecular weight is 342 g/mol. The highest BCUT2D eigenvalue weighted by molar-refractivity contribution is 6.32. The molecular weight excluding hydrogens is 335 g/mol. The van der Waals surface area contributed by atoms with Crippen molar-refractivity contribution in [1.82, 2.24) is 14.5 Å². The van der Waals surface area contributed by atoms with E-state index in [1.54, 1.807) is 12.1 Å². The molecule has 0 saturated carbocycles. The minimum absolute atomic E-state index is 0.0995. The first-order valence-electron chi connectivity index (χ1n) is 6.23. The summed E-state index contributed by atoms with van der Waals surface area (Å²) < 4.78 is 39.4. The number of rotatable bonds is 1. The predicted molar refractivity (Wildman–Crippen MR) is 76.8 cm³/mol. The first-order valence-corrected chi connectivity index (χ1v) is 6.60. The number of pyridine rings is 1. The Balaban J connectivity index is 2.46. The lowest BCUT2D eigenvalue weighted by Gasteiger charge is -2.13. The van der Waals surface area contributed by atoms with E-state index in [9.17, 15) is 23.1 Å². The number of benzene rings is 1. The number of aromatic hydroxyl groups is 1. The van der Waals surface area contributed by atoms with Gasteiger partial charge < -0.3 is 5.11 Å². The minimum atomic E-state index is -4.79. The van der Waals surface area contributed by atoms with Crippen LogP contribution < -0.4 is 5.56 Å². The molecule has 0 amide bonds. The molecular formula is C14H7ClF3N3O2. The van der Waals surface area contributed by atoms with Crippen LogP contribution in [0.3, 0.4) is 0 Å². The summed E-state index contributed by atoms with van der Waals surface area (Å²) in [6, 6.07) is 6.97. The highest BCUT2D eigenvalue weighted by Crippen LogP contribution is 2.30. The van der Waals surface area contributed by atoms with E-state index in [-0.39, 0.29) is 21.7 Å². The van der Waals surface area contributed by atoms with Crippen molar-refractivity contribution in [2.75, 3.05) is 0 Å². The molecule has 0 bridgehead atoms. The zero-order valence-electron chi connectivity index (χ0n) is 11.2. The molecule has 1 N–H and O–H groups in total. The number of hydrogen-bond donors (Lipinski definition) is 1. The van der Waals surface area contributed by atoms with E-state index in [1.165, 1.54) is 12.1 Å². The summed E-state index contributed by atoms with van der Waals surface area (Å²) in [6.45, 7) is 0. The minimum Gasteiger partial charge on any atom is -0.507 e. The maximum atomic E-state index is 12.8. The molecule has 118 valence electrons. The Morgan fingerprint density at radius 3 is 2.57 bits per heavy atom. The average Bonchev–Trinajstić information content (AvgIpc) is 2.47. The number of nitrogens with zero attached hydrogens (tertiary/aromatic N) is 3. The summed E-state index contributed by atoms with van der Waals surface area (Å²) in [5.74, 6) is -1.93. The maximum absolute atomic E-state index is 12.8. The molecule has 0 aliphatic carbocycles. The van der Waals surface area contributed by atoms with Crippen LogP contribution in [0.1, 0.15) is 5.82 Å². The van der Waals surface area contributed by atoms with Crippen LogP contribution in [0.15, 0.2) is 41.3 Å². The molecule has 0 fully saturated rings. The molecule has 2 heterocycles. The van der Waals surface area contributed by atoms with Crippen molar-refractivity contribution in [1.29, 1.82) is 0 Å². The summed E-state index contributed by atoms with van der Waals surface area (Å²) >= 11 is 6.01. The van der Waals surface area contributed by atoms with Crippen LogP contribution in [0, 0.1) is 0 Å². The molecule has 0 radical (unpaired) electrons. The van der Waals surface area contributed by atoms with E-state index >= 15 is 0 Å². The standard InChI is InChI=1S/C14H7ClF3N3O2/c15-8-3-1-2-4-9(8)21-11(23)5-10(22)7-6-19-13(14(16,17)18)20-12(7)21/h1-6,22H. The van der Waals surface area contributed by atoms with Crippen molar-refractivity contribution in [2.45, 2.75) is 6.18 Å². The van der Waals surface area contributed by atoms with E-state index in [0.717, 1.165) is 16.8 Å². The molecule has 0 saturated heterocycles. The zero-order valence-corrected chi connectivity index (χ0v) is 11.9. The number of hydrogen-bond acceptors (Lipinski definition) is 4. The normalized spacial score (nSPS) is 11.8. The van der Waals surface area contributed by atoms with Gasteiger partial charge in [-0.15, -0.1) is 0 Å². The number of aromatic nitrogens is 3. The summed E-state index contributed by atoms with van der Waals surface area (Å²) in [5, 5.41) is 9.83. The molecule has 3 aromatic rings. The van der Waals surface area contributed by atoms with E-state index in [1.807, 2.05) is 0 Å². The van der Waals surface area contributed by atoms with Crippen molar-refractivity contribution < 1.29 is 18.3 Å². The van der Waals surface area contributed by atoms with Gasteiger partial charge in [0, 0.05) is 12.3 Å². The van der Waals surface area contributed by atoms with Crippen LogP contribution in [0.4, 0.5) is 13.2 Å². The molecule has 3 rings (SSSR count). The molecule has 0 atom stereocenters. The molecule has 23 heavy (non-hydrogen) atoms. The van der Waals surface area contributed by atoms with Gasteiger partial charge in [0.25, 0.3) is 5.56 Å². The number of para-hydroxylation sites is 1. The van der Waals surface area contributed by atoms with Crippen LogP contribution in [-0.4, -0.2) is 19.6 Å². The van der Waals surface area contributed by atoms with Gasteiger partial charge in [0.1, 0.15) is 5.75 Å². The fraction of sp³-hybridized carbons (Fsp3) is 0.0714. The molecule has 0 aliphatic heterocycles. The highest BCUT2D eigenvalue weighted by Gasteiger charge is 2.35. The van der Waals surface area contributed by atoms with Gasteiger partial charge in [0.2, 0.25) is 5.82 Å². The second kappa shape index (κ2) is 5.24. The molecule has 0 spiro atoms. The van der Waals surface area contributed by atoms with E-state index < -0.39 is 23.3 Å². The van der Waals surface area contributed by atoms with Crippen LogP contribution in [0.5, 0.6) is 5.75 Å². The largest absolute Gasteiger partial charge is 0.507 e. The van der Waals surface area contributed by atoms with Crippen molar-refractivity contribution in [3.8, 4) is 11.4 Å². The Kier molecular flexibility index (Phi) is 3.48. The maximum Gasteiger partial charge on any atom is 0.451 e. The summed E-state index contributed by atoms with van der Waals surface area (Å²) in [7, 11) is 0. The van der Waals surface area contributed by atoms with Gasteiger partial charge in [-0.25, -0.2) is 9.97 Å². The Morgan fingerprint density at radius 1 is 1.22 bits per heavy atom. The van der Waals surface area contributed by atoms with Gasteiger partial charge in [-0.2, -0.15) is 13.2 Å². The quantitative estimate of drug-likeness (QED) is 0.738. The van der Waals surface area contributed by atoms with Crippen LogP contribution in [0.25, 0.3) is 16.7 Å². The topological polar surface area (TPSA) is 68.0 Å². The monoisotopic (exact) mass is 341 g/mol. The third kappa shape index (κ3) is 2.61. The Labute approximate surface area is 131 Å². The van der Waals surface area contributed by atoms with Crippen molar-refractivity contribution in [2.24, 2.45) is 0 Å². The molecule has 2 aromatic heterocycles. The van der Waals surface area contributed by atoms with Gasteiger partial charge in [-0.1, -0.05) is 23.7 Å². The Hall–Kier alpha value is -2.61. The van der Waals surface area contributed by atoms with Gasteiger partial charge in [-0.05, 0) is 12.1 Å². The van der Waals surface area contributed by atoms with E-state index in [4.69, 9.17) is 11.6 Å². The lowest BCUT2D eigenvalue weighted by Crippen LogP contribution is -2.21. The first kappa shape index (κ1) is 15.3. The first-order chi connectivity index (χ1) is 10.8. The third-order valence-electron chi connectivity index (χ3n) is 3.08. The lowest BCUT2D eigenvalue weighted by atomic mass is 10.2. The molecule has 0 aliphatic rings. The Bertz CT molecular complexity index is 970. The highest BCUT2D eigenvalue weighted by atomic mass is 35.5. The van der Waals surface area contributed by atoms with Crippen molar-refractivity contribution >= 4 is 22.6 Å². The second-order valence-corrected chi connectivity index (χ2v) is 4.99. The smallest absolute Gasteiger partial charge is 0.451 e. The van der Waals surface area contributed by atoms with Crippen molar-refractivity contribution in [3.05, 3.63) is 57.7 Å². The molecule has 0 unspecified atom stereocenters. The number of alkyl halides is 3.